The Hall–Kier alpha value is -3.07. The van der Waals surface area contributed by atoms with Crippen molar-refractivity contribution in [3.63, 3.8) is 0 Å². The van der Waals surface area contributed by atoms with E-state index in [0.29, 0.717) is 22.8 Å². The van der Waals surface area contributed by atoms with Crippen LogP contribution < -0.4 is 14.2 Å². The number of halogens is 1. The van der Waals surface area contributed by atoms with E-state index in [1.54, 1.807) is 25.1 Å². The molecule has 4 rings (SSSR count). The summed E-state index contributed by atoms with van der Waals surface area (Å²) < 4.78 is 34.7. The molecule has 2 heterocycles. The first-order valence-electron chi connectivity index (χ1n) is 8.40. The van der Waals surface area contributed by atoms with Crippen LogP contribution >= 0.6 is 11.8 Å². The first-order chi connectivity index (χ1) is 13.6. The summed E-state index contributed by atoms with van der Waals surface area (Å²) >= 11 is 1.14. The number of ketones is 1. The zero-order valence-electron chi connectivity index (χ0n) is 14.8. The van der Waals surface area contributed by atoms with E-state index >= 15 is 0 Å². The first-order valence-corrected chi connectivity index (χ1v) is 9.38. The van der Waals surface area contributed by atoms with Crippen molar-refractivity contribution in [2.75, 3.05) is 12.5 Å². The molecular weight excluding hydrogens is 387 g/mol. The number of hydrogen-bond acceptors (Lipinski definition) is 8. The summed E-state index contributed by atoms with van der Waals surface area (Å²) in [6, 6.07) is 10.7. The fourth-order valence-corrected chi connectivity index (χ4v) is 3.16. The van der Waals surface area contributed by atoms with Gasteiger partial charge in [0.1, 0.15) is 11.6 Å². The predicted octanol–water partition coefficient (Wildman–Crippen LogP) is 4.05. The normalized spacial score (nSPS) is 13.4. The molecule has 0 fully saturated rings. The quantitative estimate of drug-likeness (QED) is 0.432. The maximum atomic E-state index is 12.9. The van der Waals surface area contributed by atoms with Crippen LogP contribution in [0.25, 0.3) is 0 Å². The van der Waals surface area contributed by atoms with Crippen molar-refractivity contribution < 1.29 is 27.8 Å². The number of benzene rings is 2. The monoisotopic (exact) mass is 402 g/mol. The molecule has 1 atom stereocenters. The van der Waals surface area contributed by atoms with Crippen molar-refractivity contribution in [1.29, 1.82) is 0 Å². The molecule has 1 aliphatic rings. The summed E-state index contributed by atoms with van der Waals surface area (Å²) in [7, 11) is 0. The molecule has 0 saturated carbocycles. The van der Waals surface area contributed by atoms with E-state index in [4.69, 9.17) is 18.6 Å². The standard InChI is InChI=1S/C19H15FN2O5S/c1-11(26-14-5-3-13(20)4-6-14)18-21-22-19(27-18)28-9-15(23)12-2-7-16-17(8-12)25-10-24-16/h2-8,11H,9-10H2,1H3/t11-/m1/s1. The Morgan fingerprint density at radius 1 is 1.18 bits per heavy atom. The zero-order valence-corrected chi connectivity index (χ0v) is 15.6. The smallest absolute Gasteiger partial charge is 0.277 e. The Labute approximate surface area is 163 Å². The lowest BCUT2D eigenvalue weighted by Gasteiger charge is -2.10. The summed E-state index contributed by atoms with van der Waals surface area (Å²) in [4.78, 5) is 12.4. The number of fused-ring (bicyclic) bond motifs is 1. The van der Waals surface area contributed by atoms with Gasteiger partial charge in [-0.15, -0.1) is 10.2 Å². The number of carbonyl (C=O) groups is 1. The average molecular weight is 402 g/mol. The summed E-state index contributed by atoms with van der Waals surface area (Å²) in [6.45, 7) is 1.90. The van der Waals surface area contributed by atoms with Crippen LogP contribution in [0.1, 0.15) is 29.3 Å². The van der Waals surface area contributed by atoms with Gasteiger partial charge in [-0.25, -0.2) is 4.39 Å². The van der Waals surface area contributed by atoms with Gasteiger partial charge in [0, 0.05) is 5.56 Å². The van der Waals surface area contributed by atoms with Gasteiger partial charge in [0.2, 0.25) is 6.79 Å². The van der Waals surface area contributed by atoms with Crippen LogP contribution in [-0.4, -0.2) is 28.5 Å². The molecule has 28 heavy (non-hydrogen) atoms. The predicted molar refractivity (Wildman–Crippen MR) is 97.4 cm³/mol. The molecule has 0 N–H and O–H groups in total. The van der Waals surface area contributed by atoms with E-state index in [1.807, 2.05) is 0 Å². The third kappa shape index (κ3) is 4.09. The Morgan fingerprint density at radius 3 is 2.79 bits per heavy atom. The summed E-state index contributed by atoms with van der Waals surface area (Å²) in [5.41, 5.74) is 0.518. The van der Waals surface area contributed by atoms with Gasteiger partial charge in [-0.2, -0.15) is 0 Å². The van der Waals surface area contributed by atoms with Gasteiger partial charge in [0.15, 0.2) is 23.4 Å². The highest BCUT2D eigenvalue weighted by atomic mass is 32.2. The lowest BCUT2D eigenvalue weighted by atomic mass is 10.1. The maximum Gasteiger partial charge on any atom is 0.277 e. The molecule has 7 nitrogen and oxygen atoms in total. The molecule has 144 valence electrons. The molecule has 0 unspecified atom stereocenters. The topological polar surface area (TPSA) is 83.7 Å². The molecule has 0 saturated heterocycles. The molecule has 0 spiro atoms. The number of thioether (sulfide) groups is 1. The van der Waals surface area contributed by atoms with Gasteiger partial charge >= 0.3 is 0 Å². The highest BCUT2D eigenvalue weighted by Gasteiger charge is 2.19. The highest BCUT2D eigenvalue weighted by Crippen LogP contribution is 2.33. The van der Waals surface area contributed by atoms with Crippen molar-refractivity contribution in [2.24, 2.45) is 0 Å². The second-order valence-corrected chi connectivity index (χ2v) is 6.83. The molecule has 9 heteroatoms. The van der Waals surface area contributed by atoms with Gasteiger partial charge in [0.25, 0.3) is 11.1 Å². The second-order valence-electron chi connectivity index (χ2n) is 5.90. The van der Waals surface area contributed by atoms with E-state index in [0.717, 1.165) is 11.8 Å². The molecule has 1 aromatic heterocycles. The third-order valence-corrected chi connectivity index (χ3v) is 4.74. The van der Waals surface area contributed by atoms with E-state index < -0.39 is 6.10 Å². The van der Waals surface area contributed by atoms with E-state index in [9.17, 15) is 9.18 Å². The first kappa shape index (κ1) is 18.3. The number of hydrogen-bond donors (Lipinski definition) is 0. The SMILES string of the molecule is C[C@@H](Oc1ccc(F)cc1)c1nnc(SCC(=O)c2ccc3c(c2)OCO3)o1. The lowest BCUT2D eigenvalue weighted by molar-refractivity contribution is 0.102. The van der Waals surface area contributed by atoms with Crippen LogP contribution in [-0.2, 0) is 0 Å². The zero-order chi connectivity index (χ0) is 19.5. The van der Waals surface area contributed by atoms with Crippen molar-refractivity contribution in [3.05, 3.63) is 59.7 Å². The average Bonchev–Trinajstić information content (AvgIpc) is 3.36. The molecule has 0 radical (unpaired) electrons. The second kappa shape index (κ2) is 7.89. The molecule has 0 aliphatic carbocycles. The molecule has 2 aromatic carbocycles. The van der Waals surface area contributed by atoms with Crippen molar-refractivity contribution in [2.45, 2.75) is 18.3 Å². The minimum Gasteiger partial charge on any atom is -0.481 e. The van der Waals surface area contributed by atoms with Gasteiger partial charge in [-0.3, -0.25) is 4.79 Å². The molecule has 0 bridgehead atoms. The molecule has 3 aromatic rings. The Balaban J connectivity index is 1.34. The summed E-state index contributed by atoms with van der Waals surface area (Å²) in [6.07, 6.45) is -0.517. The minimum absolute atomic E-state index is 0.0985. The number of ether oxygens (including phenoxy) is 3. The van der Waals surface area contributed by atoms with Crippen molar-refractivity contribution in [1.82, 2.24) is 10.2 Å². The third-order valence-electron chi connectivity index (χ3n) is 3.92. The summed E-state index contributed by atoms with van der Waals surface area (Å²) in [5, 5.41) is 8.13. The number of aromatic nitrogens is 2. The van der Waals surface area contributed by atoms with Crippen LogP contribution in [0, 0.1) is 5.82 Å². The van der Waals surface area contributed by atoms with Gasteiger partial charge in [-0.1, -0.05) is 11.8 Å². The van der Waals surface area contributed by atoms with Crippen molar-refractivity contribution >= 4 is 17.5 Å². The van der Waals surface area contributed by atoms with Crippen LogP contribution in [0.3, 0.4) is 0 Å². The Bertz CT molecular complexity index is 992. The number of Topliss-reactive ketones (excluding diaryl/α,β-unsaturated/α-hetero) is 1. The maximum absolute atomic E-state index is 12.9. The van der Waals surface area contributed by atoms with Crippen LogP contribution in [0.2, 0.25) is 0 Å². The van der Waals surface area contributed by atoms with Crippen molar-refractivity contribution in [3.8, 4) is 17.2 Å². The minimum atomic E-state index is -0.517. The Morgan fingerprint density at radius 2 is 1.96 bits per heavy atom. The molecule has 0 amide bonds. The number of nitrogens with zero attached hydrogens (tertiary/aromatic N) is 2. The van der Waals surface area contributed by atoms with Crippen LogP contribution in [0.4, 0.5) is 4.39 Å². The Kier molecular flexibility index (Phi) is 5.16. The largest absolute Gasteiger partial charge is 0.481 e. The van der Waals surface area contributed by atoms with Gasteiger partial charge < -0.3 is 18.6 Å². The van der Waals surface area contributed by atoms with E-state index in [2.05, 4.69) is 10.2 Å². The number of carbonyl (C=O) groups excluding carboxylic acids is 1. The van der Waals surface area contributed by atoms with Gasteiger partial charge in [-0.05, 0) is 49.4 Å². The fraction of sp³-hybridized carbons (Fsp3) is 0.211. The van der Waals surface area contributed by atoms with Crippen LogP contribution in [0.15, 0.2) is 52.1 Å². The van der Waals surface area contributed by atoms with E-state index in [-0.39, 0.29) is 35.3 Å². The van der Waals surface area contributed by atoms with Crippen LogP contribution in [0.5, 0.6) is 17.2 Å². The number of rotatable bonds is 7. The highest BCUT2D eigenvalue weighted by molar-refractivity contribution is 7.99. The molecular formula is C19H15FN2O5S. The lowest BCUT2D eigenvalue weighted by Crippen LogP contribution is -2.03. The summed E-state index contributed by atoms with van der Waals surface area (Å²) in [5.74, 6) is 1.63. The van der Waals surface area contributed by atoms with E-state index in [1.165, 1.54) is 24.3 Å². The van der Waals surface area contributed by atoms with Gasteiger partial charge in [0.05, 0.1) is 5.75 Å². The molecule has 1 aliphatic heterocycles. The fourth-order valence-electron chi connectivity index (χ4n) is 2.49.